The third-order valence-corrected chi connectivity index (χ3v) is 6.49. The molecule has 13 heteroatoms. The molecule has 0 atom stereocenters. The van der Waals surface area contributed by atoms with Crippen molar-refractivity contribution in [3.8, 4) is 0 Å². The van der Waals surface area contributed by atoms with Gasteiger partial charge in [-0.3, -0.25) is 19.5 Å². The number of sulfonamides is 1. The van der Waals surface area contributed by atoms with Crippen LogP contribution in [-0.2, 0) is 19.6 Å². The van der Waals surface area contributed by atoms with Crippen LogP contribution in [0, 0.1) is 6.92 Å². The molecule has 2 aromatic heterocycles. The van der Waals surface area contributed by atoms with Crippen LogP contribution >= 0.6 is 11.3 Å². The summed E-state index contributed by atoms with van der Waals surface area (Å²) in [7, 11) is -3.85. The normalized spacial score (nSPS) is 11.2. The fourth-order valence-corrected chi connectivity index (χ4v) is 4.61. The number of ether oxygens (including phenoxy) is 1. The molecule has 2 heterocycles. The van der Waals surface area contributed by atoms with Gasteiger partial charge in [0, 0.05) is 18.1 Å². The Morgan fingerprint density at radius 2 is 1.79 bits per heavy atom. The van der Waals surface area contributed by atoms with Crippen molar-refractivity contribution in [3.63, 3.8) is 0 Å². The minimum Gasteiger partial charge on any atom is -0.452 e. The van der Waals surface area contributed by atoms with Crippen LogP contribution in [0.4, 0.5) is 10.8 Å². The third kappa shape index (κ3) is 5.27. The number of rotatable bonds is 7. The van der Waals surface area contributed by atoms with E-state index in [1.807, 2.05) is 0 Å². The van der Waals surface area contributed by atoms with E-state index in [-0.39, 0.29) is 15.6 Å². The summed E-state index contributed by atoms with van der Waals surface area (Å²) < 4.78 is 32.3. The lowest BCUT2D eigenvalue weighted by molar-refractivity contribution is -0.119. The van der Waals surface area contributed by atoms with Crippen LogP contribution in [0.3, 0.4) is 0 Å². The van der Waals surface area contributed by atoms with Gasteiger partial charge in [-0.2, -0.15) is 0 Å². The van der Waals surface area contributed by atoms with Gasteiger partial charge in [-0.05, 0) is 43.3 Å². The summed E-state index contributed by atoms with van der Waals surface area (Å²) >= 11 is 1.11. The van der Waals surface area contributed by atoms with Crippen molar-refractivity contribution < 1.29 is 22.7 Å². The Morgan fingerprint density at radius 1 is 1.03 bits per heavy atom. The van der Waals surface area contributed by atoms with E-state index < -0.39 is 28.5 Å². The summed E-state index contributed by atoms with van der Waals surface area (Å²) in [6.07, 6.45) is 2.97. The van der Waals surface area contributed by atoms with Gasteiger partial charge in [0.15, 0.2) is 6.61 Å². The number of carbonyl (C=O) groups is 2. The molecule has 0 unspecified atom stereocenters. The lowest BCUT2D eigenvalue weighted by Gasteiger charge is -2.09. The van der Waals surface area contributed by atoms with Crippen molar-refractivity contribution in [3.05, 3.63) is 65.4 Å². The van der Waals surface area contributed by atoms with Gasteiger partial charge < -0.3 is 10.1 Å². The summed E-state index contributed by atoms with van der Waals surface area (Å²) in [6, 6.07) is 10.4. The van der Waals surface area contributed by atoms with Crippen LogP contribution in [0.2, 0.25) is 0 Å². The molecule has 0 fully saturated rings. The highest BCUT2D eigenvalue weighted by atomic mass is 32.2. The lowest BCUT2D eigenvalue weighted by atomic mass is 10.2. The number of para-hydroxylation sites is 1. The monoisotopic (exact) mass is 484 g/mol. The SMILES string of the molecule is Cc1nnc(NS(=O)(=O)c2ccc(NC(=O)COC(=O)c3cccc4nccnc34)cc2)s1. The number of hydrogen-bond acceptors (Lipinski definition) is 10. The Kier molecular flexibility index (Phi) is 6.24. The first-order chi connectivity index (χ1) is 15.8. The summed E-state index contributed by atoms with van der Waals surface area (Å²) in [4.78, 5) is 32.8. The number of nitrogens with zero attached hydrogens (tertiary/aromatic N) is 4. The number of fused-ring (bicyclic) bond motifs is 1. The number of nitrogens with one attached hydrogen (secondary N) is 2. The van der Waals surface area contributed by atoms with E-state index in [1.54, 1.807) is 19.1 Å². The Balaban J connectivity index is 1.35. The molecule has 0 aliphatic heterocycles. The standard InChI is InChI=1S/C20H16N6O5S2/c1-12-24-25-20(32-12)26-33(29,30)14-7-5-13(6-8-14)23-17(27)11-31-19(28)15-3-2-4-16-18(15)22-10-9-21-16/h2-10H,11H2,1H3,(H,23,27)(H,25,26). The number of esters is 1. The second-order valence-electron chi connectivity index (χ2n) is 6.61. The highest BCUT2D eigenvalue weighted by Crippen LogP contribution is 2.21. The molecule has 0 spiro atoms. The summed E-state index contributed by atoms with van der Waals surface area (Å²) in [6.45, 7) is 1.17. The van der Waals surface area contributed by atoms with Crippen molar-refractivity contribution in [2.24, 2.45) is 0 Å². The van der Waals surface area contributed by atoms with E-state index in [2.05, 4.69) is 30.2 Å². The van der Waals surface area contributed by atoms with Crippen molar-refractivity contribution in [2.75, 3.05) is 16.6 Å². The van der Waals surface area contributed by atoms with E-state index in [1.165, 1.54) is 42.7 Å². The molecule has 0 aliphatic rings. The Labute approximate surface area is 191 Å². The zero-order valence-corrected chi connectivity index (χ0v) is 18.7. The smallest absolute Gasteiger partial charge is 0.340 e. The largest absolute Gasteiger partial charge is 0.452 e. The quantitative estimate of drug-likeness (QED) is 0.376. The number of hydrogen-bond donors (Lipinski definition) is 2. The van der Waals surface area contributed by atoms with Crippen LogP contribution in [0.1, 0.15) is 15.4 Å². The van der Waals surface area contributed by atoms with E-state index in [9.17, 15) is 18.0 Å². The van der Waals surface area contributed by atoms with Gasteiger partial charge in [0.2, 0.25) is 5.13 Å². The lowest BCUT2D eigenvalue weighted by Crippen LogP contribution is -2.21. The minimum absolute atomic E-state index is 0.0168. The van der Waals surface area contributed by atoms with Crippen molar-refractivity contribution in [2.45, 2.75) is 11.8 Å². The number of anilines is 2. The maximum atomic E-state index is 12.4. The fourth-order valence-electron chi connectivity index (χ4n) is 2.79. The average molecular weight is 485 g/mol. The molecule has 0 aliphatic carbocycles. The third-order valence-electron chi connectivity index (χ3n) is 4.25. The number of benzene rings is 2. The zero-order valence-electron chi connectivity index (χ0n) is 17.0. The Morgan fingerprint density at radius 3 is 2.52 bits per heavy atom. The van der Waals surface area contributed by atoms with E-state index in [0.717, 1.165) is 11.3 Å². The number of aryl methyl sites for hydroxylation is 1. The van der Waals surface area contributed by atoms with Gasteiger partial charge in [-0.1, -0.05) is 17.4 Å². The molecule has 0 saturated heterocycles. The van der Waals surface area contributed by atoms with Gasteiger partial charge in [0.25, 0.3) is 15.9 Å². The highest BCUT2D eigenvalue weighted by Gasteiger charge is 2.17. The molecular weight excluding hydrogens is 468 g/mol. The molecule has 168 valence electrons. The molecule has 4 aromatic rings. The number of aromatic nitrogens is 4. The highest BCUT2D eigenvalue weighted by molar-refractivity contribution is 7.93. The first kappa shape index (κ1) is 22.2. The Hall–Kier alpha value is -3.97. The van der Waals surface area contributed by atoms with E-state index in [4.69, 9.17) is 4.74 Å². The molecule has 11 nitrogen and oxygen atoms in total. The maximum absolute atomic E-state index is 12.4. The molecular formula is C20H16N6O5S2. The molecule has 33 heavy (non-hydrogen) atoms. The van der Waals surface area contributed by atoms with E-state index in [0.29, 0.717) is 21.7 Å². The maximum Gasteiger partial charge on any atom is 0.340 e. The summed E-state index contributed by atoms with van der Waals surface area (Å²) in [5.41, 5.74) is 1.43. The Bertz CT molecular complexity index is 1430. The fraction of sp³-hybridized carbons (Fsp3) is 0.100. The van der Waals surface area contributed by atoms with Crippen LogP contribution < -0.4 is 10.0 Å². The first-order valence-corrected chi connectivity index (χ1v) is 11.7. The summed E-state index contributed by atoms with van der Waals surface area (Å²) in [5, 5.41) is 10.8. The topological polar surface area (TPSA) is 153 Å². The van der Waals surface area contributed by atoms with Crippen molar-refractivity contribution >= 4 is 55.1 Å². The van der Waals surface area contributed by atoms with Crippen molar-refractivity contribution in [1.29, 1.82) is 0 Å². The second kappa shape index (κ2) is 9.26. The summed E-state index contributed by atoms with van der Waals surface area (Å²) in [5.74, 6) is -1.30. The molecule has 0 bridgehead atoms. The van der Waals surface area contributed by atoms with E-state index >= 15 is 0 Å². The minimum atomic E-state index is -3.85. The van der Waals surface area contributed by atoms with Gasteiger partial charge in [-0.15, -0.1) is 10.2 Å². The molecule has 0 saturated carbocycles. The number of carbonyl (C=O) groups excluding carboxylic acids is 2. The molecule has 4 rings (SSSR count). The molecule has 2 N–H and O–H groups in total. The van der Waals surface area contributed by atoms with Gasteiger partial charge in [-0.25, -0.2) is 13.2 Å². The van der Waals surface area contributed by atoms with Crippen LogP contribution in [0.15, 0.2) is 59.8 Å². The van der Waals surface area contributed by atoms with Gasteiger partial charge in [0.05, 0.1) is 16.0 Å². The molecule has 0 radical (unpaired) electrons. The second-order valence-corrected chi connectivity index (χ2v) is 9.47. The van der Waals surface area contributed by atoms with Crippen LogP contribution in [0.5, 0.6) is 0 Å². The van der Waals surface area contributed by atoms with Gasteiger partial charge >= 0.3 is 5.97 Å². The predicted octanol–water partition coefficient (Wildman–Crippen LogP) is 2.39. The van der Waals surface area contributed by atoms with Crippen molar-refractivity contribution in [1.82, 2.24) is 20.2 Å². The molecule has 2 aromatic carbocycles. The molecule has 1 amide bonds. The predicted molar refractivity (Wildman–Crippen MR) is 120 cm³/mol. The van der Waals surface area contributed by atoms with Crippen LogP contribution in [0.25, 0.3) is 11.0 Å². The zero-order chi connectivity index (χ0) is 23.4. The first-order valence-electron chi connectivity index (χ1n) is 9.41. The van der Waals surface area contributed by atoms with Crippen LogP contribution in [-0.4, -0.2) is 47.1 Å². The van der Waals surface area contributed by atoms with Gasteiger partial charge in [0.1, 0.15) is 10.5 Å². The number of amides is 1. The average Bonchev–Trinajstić information content (AvgIpc) is 3.21.